The van der Waals surface area contributed by atoms with Crippen LogP contribution >= 0.6 is 0 Å². The number of methoxy groups -OCH3 is 1. The monoisotopic (exact) mass is 434 g/mol. The van der Waals surface area contributed by atoms with Gasteiger partial charge in [0, 0.05) is 36.3 Å². The Morgan fingerprint density at radius 1 is 1.22 bits per heavy atom. The largest absolute Gasteiger partial charge is 0.497 e. The number of nitrogens with one attached hydrogen (secondary N) is 1. The number of carbonyl (C=O) groups is 2. The minimum absolute atomic E-state index is 0.0254. The Kier molecular flexibility index (Phi) is 6.49. The Bertz CT molecular complexity index is 1110. The fraction of sp³-hybridized carbons (Fsp3) is 0.333. The van der Waals surface area contributed by atoms with E-state index in [0.717, 1.165) is 18.4 Å². The number of carbonyl (C=O) groups excluding carboxylic acids is 2. The molecule has 1 fully saturated rings. The molecule has 1 aromatic heterocycles. The number of nitrogens with zero attached hydrogens (tertiary/aromatic N) is 3. The van der Waals surface area contributed by atoms with Crippen molar-refractivity contribution in [1.82, 2.24) is 15.0 Å². The lowest BCUT2D eigenvalue weighted by Crippen LogP contribution is -2.39. The van der Waals surface area contributed by atoms with E-state index >= 15 is 0 Å². The summed E-state index contributed by atoms with van der Waals surface area (Å²) in [6, 6.07) is 14.5. The minimum Gasteiger partial charge on any atom is -0.497 e. The summed E-state index contributed by atoms with van der Waals surface area (Å²) in [6.45, 7) is 3.01. The van der Waals surface area contributed by atoms with Crippen molar-refractivity contribution in [2.45, 2.75) is 32.1 Å². The van der Waals surface area contributed by atoms with Crippen LogP contribution in [-0.2, 0) is 4.79 Å². The maximum Gasteiger partial charge on any atom is 0.254 e. The van der Waals surface area contributed by atoms with Crippen molar-refractivity contribution in [3.05, 3.63) is 60.0 Å². The van der Waals surface area contributed by atoms with Crippen molar-refractivity contribution in [3.63, 3.8) is 0 Å². The predicted molar refractivity (Wildman–Crippen MR) is 120 cm³/mol. The van der Waals surface area contributed by atoms with Crippen LogP contribution in [0.15, 0.2) is 53.1 Å². The van der Waals surface area contributed by atoms with Crippen molar-refractivity contribution in [2.24, 2.45) is 0 Å². The zero-order valence-electron chi connectivity index (χ0n) is 18.2. The van der Waals surface area contributed by atoms with Crippen LogP contribution in [0.1, 0.15) is 48.4 Å². The van der Waals surface area contributed by atoms with Gasteiger partial charge < -0.3 is 19.5 Å². The molecule has 0 bridgehead atoms. The number of hydrogen-bond acceptors (Lipinski definition) is 6. The molecule has 2 amide bonds. The van der Waals surface area contributed by atoms with Gasteiger partial charge in [-0.15, -0.1) is 0 Å². The molecule has 0 saturated carbocycles. The molecule has 0 radical (unpaired) electrons. The smallest absolute Gasteiger partial charge is 0.254 e. The molecule has 1 N–H and O–H groups in total. The molecule has 3 aromatic rings. The lowest BCUT2D eigenvalue weighted by atomic mass is 9.97. The summed E-state index contributed by atoms with van der Waals surface area (Å²) in [7, 11) is 1.58. The van der Waals surface area contributed by atoms with Crippen molar-refractivity contribution in [1.29, 1.82) is 0 Å². The molecule has 32 heavy (non-hydrogen) atoms. The first-order valence-electron chi connectivity index (χ1n) is 10.7. The van der Waals surface area contributed by atoms with E-state index in [1.807, 2.05) is 41.3 Å². The zero-order chi connectivity index (χ0) is 22.5. The van der Waals surface area contributed by atoms with Gasteiger partial charge in [0.1, 0.15) is 5.75 Å². The standard InChI is InChI=1S/C24H26N4O4/c1-3-21(29)25-19-10-4-7-16(13-19)22-26-23(32-27-22)18-9-6-12-28(15-18)24(30)17-8-5-11-20(14-17)31-2/h4-5,7-8,10-11,13-14,18H,3,6,9,12,15H2,1-2H3,(H,25,29)/t18-/m1/s1. The van der Waals surface area contributed by atoms with Gasteiger partial charge in [-0.2, -0.15) is 4.98 Å². The SMILES string of the molecule is CCC(=O)Nc1cccc(-c2noc([C@@H]3CCCN(C(=O)c4cccc(OC)c4)C3)n2)c1. The molecule has 8 nitrogen and oxygen atoms in total. The van der Waals surface area contributed by atoms with Crippen LogP contribution < -0.4 is 10.1 Å². The van der Waals surface area contributed by atoms with Gasteiger partial charge in [-0.25, -0.2) is 0 Å². The molecular formula is C24H26N4O4. The fourth-order valence-electron chi connectivity index (χ4n) is 3.81. The van der Waals surface area contributed by atoms with Gasteiger partial charge >= 0.3 is 0 Å². The van der Waals surface area contributed by atoms with Crippen LogP contribution in [0, 0.1) is 0 Å². The number of aromatic nitrogens is 2. The molecule has 1 atom stereocenters. The van der Waals surface area contributed by atoms with Crippen molar-refractivity contribution in [2.75, 3.05) is 25.5 Å². The van der Waals surface area contributed by atoms with E-state index in [4.69, 9.17) is 9.26 Å². The van der Waals surface area contributed by atoms with Gasteiger partial charge in [-0.05, 0) is 43.2 Å². The van der Waals surface area contributed by atoms with Gasteiger partial charge in [-0.3, -0.25) is 9.59 Å². The second-order valence-corrected chi connectivity index (χ2v) is 7.76. The second kappa shape index (κ2) is 9.64. The maximum absolute atomic E-state index is 13.0. The first kappa shape index (κ1) is 21.5. The molecule has 0 spiro atoms. The summed E-state index contributed by atoms with van der Waals surface area (Å²) in [5, 5.41) is 6.97. The number of rotatable bonds is 6. The topological polar surface area (TPSA) is 97.6 Å². The fourth-order valence-corrected chi connectivity index (χ4v) is 3.81. The molecule has 1 aliphatic rings. The summed E-state index contributed by atoms with van der Waals surface area (Å²) in [4.78, 5) is 31.1. The number of likely N-dealkylation sites (tertiary alicyclic amines) is 1. The number of hydrogen-bond donors (Lipinski definition) is 1. The van der Waals surface area contributed by atoms with Crippen LogP contribution in [0.25, 0.3) is 11.4 Å². The third kappa shape index (κ3) is 4.80. The summed E-state index contributed by atoms with van der Waals surface area (Å²) >= 11 is 0. The Labute approximate surface area is 186 Å². The highest BCUT2D eigenvalue weighted by Crippen LogP contribution is 2.29. The molecule has 1 aliphatic heterocycles. The van der Waals surface area contributed by atoms with E-state index in [0.29, 0.717) is 48.2 Å². The highest BCUT2D eigenvalue weighted by atomic mass is 16.5. The van der Waals surface area contributed by atoms with Crippen LogP contribution in [-0.4, -0.2) is 47.1 Å². The number of anilines is 1. The van der Waals surface area contributed by atoms with Crippen LogP contribution in [0.3, 0.4) is 0 Å². The van der Waals surface area contributed by atoms with Crippen molar-refractivity contribution < 1.29 is 18.8 Å². The summed E-state index contributed by atoms with van der Waals surface area (Å²) < 4.78 is 10.8. The number of amides is 2. The minimum atomic E-state index is -0.0565. The molecular weight excluding hydrogens is 408 g/mol. The average Bonchev–Trinajstić information content (AvgIpc) is 3.34. The predicted octanol–water partition coefficient (Wildman–Crippen LogP) is 4.11. The van der Waals surface area contributed by atoms with E-state index in [2.05, 4.69) is 15.5 Å². The quantitative estimate of drug-likeness (QED) is 0.627. The highest BCUT2D eigenvalue weighted by molar-refractivity contribution is 5.94. The van der Waals surface area contributed by atoms with E-state index in [-0.39, 0.29) is 17.7 Å². The molecule has 1 saturated heterocycles. The Balaban J connectivity index is 1.48. The normalized spacial score (nSPS) is 15.9. The van der Waals surface area contributed by atoms with E-state index in [9.17, 15) is 9.59 Å². The van der Waals surface area contributed by atoms with E-state index in [1.54, 1.807) is 26.2 Å². The molecule has 2 heterocycles. The van der Waals surface area contributed by atoms with Gasteiger partial charge in [0.15, 0.2) is 0 Å². The molecule has 2 aromatic carbocycles. The van der Waals surface area contributed by atoms with Gasteiger partial charge in [0.25, 0.3) is 5.91 Å². The molecule has 4 rings (SSSR count). The lowest BCUT2D eigenvalue weighted by molar-refractivity contribution is -0.115. The number of piperidine rings is 1. The van der Waals surface area contributed by atoms with Gasteiger partial charge in [0.05, 0.1) is 13.0 Å². The highest BCUT2D eigenvalue weighted by Gasteiger charge is 2.29. The summed E-state index contributed by atoms with van der Waals surface area (Å²) in [6.07, 6.45) is 2.13. The number of benzene rings is 2. The average molecular weight is 434 g/mol. The summed E-state index contributed by atoms with van der Waals surface area (Å²) in [5.41, 5.74) is 2.05. The summed E-state index contributed by atoms with van der Waals surface area (Å²) in [5.74, 6) is 1.52. The maximum atomic E-state index is 13.0. The first-order chi connectivity index (χ1) is 15.6. The van der Waals surface area contributed by atoms with Crippen LogP contribution in [0.4, 0.5) is 5.69 Å². The van der Waals surface area contributed by atoms with Crippen LogP contribution in [0.5, 0.6) is 5.75 Å². The number of ether oxygens (including phenoxy) is 1. The van der Waals surface area contributed by atoms with Crippen molar-refractivity contribution >= 4 is 17.5 Å². The van der Waals surface area contributed by atoms with Crippen molar-refractivity contribution in [3.8, 4) is 17.1 Å². The lowest BCUT2D eigenvalue weighted by Gasteiger charge is -2.31. The van der Waals surface area contributed by atoms with Crippen LogP contribution in [0.2, 0.25) is 0 Å². The second-order valence-electron chi connectivity index (χ2n) is 7.76. The van der Waals surface area contributed by atoms with Gasteiger partial charge in [-0.1, -0.05) is 30.3 Å². The Morgan fingerprint density at radius 3 is 2.88 bits per heavy atom. The van der Waals surface area contributed by atoms with Gasteiger partial charge in [0.2, 0.25) is 17.6 Å². The molecule has 0 unspecified atom stereocenters. The zero-order valence-corrected chi connectivity index (χ0v) is 18.2. The molecule has 8 heteroatoms. The third-order valence-corrected chi connectivity index (χ3v) is 5.54. The third-order valence-electron chi connectivity index (χ3n) is 5.54. The first-order valence-corrected chi connectivity index (χ1v) is 10.7. The molecule has 166 valence electrons. The Morgan fingerprint density at radius 2 is 2.06 bits per heavy atom. The van der Waals surface area contributed by atoms with E-state index in [1.165, 1.54) is 0 Å². The Hall–Kier alpha value is -3.68. The van der Waals surface area contributed by atoms with E-state index < -0.39 is 0 Å². The molecule has 0 aliphatic carbocycles.